The van der Waals surface area contributed by atoms with E-state index in [0.717, 1.165) is 0 Å². The molecule has 11 atom stereocenters. The van der Waals surface area contributed by atoms with Crippen molar-refractivity contribution in [2.24, 2.45) is 41.1 Å². The monoisotopic (exact) mass is 1030 g/mol. The Bertz CT molecular complexity index is 1910. The van der Waals surface area contributed by atoms with E-state index < -0.39 is 163 Å². The first-order valence-electron chi connectivity index (χ1n) is 24.1. The Morgan fingerprint density at radius 2 is 0.792 bits per heavy atom. The van der Waals surface area contributed by atoms with E-state index in [-0.39, 0.29) is 37.0 Å². The highest BCUT2D eigenvalue weighted by Gasteiger charge is 2.37. The highest BCUT2D eigenvalue weighted by molar-refractivity contribution is 5.99. The second kappa shape index (κ2) is 31.8. The van der Waals surface area contributed by atoms with Gasteiger partial charge in [0.15, 0.2) is 0 Å². The molecule has 0 unspecified atom stereocenters. The van der Waals surface area contributed by atoms with Crippen molar-refractivity contribution in [1.29, 1.82) is 0 Å². The number of rotatable bonds is 33. The van der Waals surface area contributed by atoms with Crippen molar-refractivity contribution in [3.63, 3.8) is 0 Å². The summed E-state index contributed by atoms with van der Waals surface area (Å²) < 4.78 is 0. The second-order valence-electron chi connectivity index (χ2n) is 19.7. The van der Waals surface area contributed by atoms with Gasteiger partial charge in [-0.2, -0.15) is 0 Å². The molecule has 0 aromatic rings. The van der Waals surface area contributed by atoms with Crippen LogP contribution in [0, 0.1) is 29.6 Å². The topological polar surface area (TPSA) is 426 Å². The third-order valence-corrected chi connectivity index (χ3v) is 11.1. The maximum absolute atomic E-state index is 14.0. The molecule has 72 heavy (non-hydrogen) atoms. The first-order valence-corrected chi connectivity index (χ1v) is 24.1. The zero-order chi connectivity index (χ0) is 55.9. The van der Waals surface area contributed by atoms with Crippen LogP contribution in [0.1, 0.15) is 122 Å². The summed E-state index contributed by atoms with van der Waals surface area (Å²) in [5.41, 5.74) is 10.7. The summed E-state index contributed by atoms with van der Waals surface area (Å²) in [4.78, 5) is 156. The highest BCUT2D eigenvalue weighted by atomic mass is 16.4. The number of amides is 10. The van der Waals surface area contributed by atoms with Crippen LogP contribution in [0.15, 0.2) is 0 Å². The summed E-state index contributed by atoms with van der Waals surface area (Å²) in [5.74, 6) is -14.1. The third-order valence-electron chi connectivity index (χ3n) is 11.1. The normalized spacial score (nSPS) is 15.9. The fraction of sp³-hybridized carbons (Fsp3) is 0.739. The molecular weight excluding hydrogens is 947 g/mol. The first kappa shape index (κ1) is 65.6. The van der Waals surface area contributed by atoms with E-state index >= 15 is 0 Å². The van der Waals surface area contributed by atoms with Gasteiger partial charge in [0.25, 0.3) is 0 Å². The summed E-state index contributed by atoms with van der Waals surface area (Å²) in [6.07, 6.45) is -1.24. The van der Waals surface area contributed by atoms with E-state index in [4.69, 9.17) is 11.5 Å². The number of carboxylic acid groups (broad SMARTS) is 2. The molecule has 0 radical (unpaired) electrons. The zero-order valence-corrected chi connectivity index (χ0v) is 43.5. The Hall–Kier alpha value is -6.44. The van der Waals surface area contributed by atoms with E-state index in [9.17, 15) is 72.9 Å². The molecule has 0 aromatic heterocycles. The van der Waals surface area contributed by atoms with Crippen molar-refractivity contribution >= 4 is 71.0 Å². The van der Waals surface area contributed by atoms with E-state index in [2.05, 4.69) is 47.9 Å². The molecule has 410 valence electrons. The van der Waals surface area contributed by atoms with Crippen LogP contribution in [0.4, 0.5) is 0 Å². The van der Waals surface area contributed by atoms with Gasteiger partial charge < -0.3 is 74.6 Å². The van der Waals surface area contributed by atoms with Gasteiger partial charge in [-0.15, -0.1) is 0 Å². The molecule has 0 bridgehead atoms. The number of carbonyl (C=O) groups excluding carboxylic acids is 10. The lowest BCUT2D eigenvalue weighted by molar-refractivity contribution is -0.144. The van der Waals surface area contributed by atoms with Crippen LogP contribution in [0.5, 0.6) is 0 Å². The van der Waals surface area contributed by atoms with Crippen LogP contribution >= 0.6 is 0 Å². The Kier molecular flexibility index (Phi) is 29.0. The van der Waals surface area contributed by atoms with Gasteiger partial charge in [0.2, 0.25) is 59.1 Å². The smallest absolute Gasteiger partial charge is 0.326 e. The Morgan fingerprint density at radius 1 is 0.431 bits per heavy atom. The van der Waals surface area contributed by atoms with Crippen LogP contribution in [0.2, 0.25) is 0 Å². The SMILES string of the molecule is CC[C@H](C)[C@H](NC(=O)[C@@H](NC(=O)[C@H](CC(=O)O)NC(=O)[C@H](C)NC(=O)[C@H](C)N)C(C)C)C(=O)N[C@@H](CO)C(=O)N[C@@H](CC(C)C)C(=O)N[C@@H](CC(C)C)C(=O)N[C@@H](CC(C)C)C(=O)N[C@@H](CC(N)=O)C(=O)O. The molecule has 0 spiro atoms. The number of nitrogens with two attached hydrogens (primary N) is 2. The molecule has 16 N–H and O–H groups in total. The van der Waals surface area contributed by atoms with Gasteiger partial charge in [-0.1, -0.05) is 75.7 Å². The lowest BCUT2D eigenvalue weighted by Gasteiger charge is -2.30. The summed E-state index contributed by atoms with van der Waals surface area (Å²) in [6.45, 7) is 18.6. The average molecular weight is 1030 g/mol. The van der Waals surface area contributed by atoms with Gasteiger partial charge in [0, 0.05) is 0 Å². The molecule has 26 nitrogen and oxygen atoms in total. The maximum atomic E-state index is 14.0. The van der Waals surface area contributed by atoms with Crippen LogP contribution in [-0.4, -0.2) is 153 Å². The van der Waals surface area contributed by atoms with Crippen molar-refractivity contribution < 1.29 is 72.9 Å². The lowest BCUT2D eigenvalue weighted by atomic mass is 9.96. The Morgan fingerprint density at radius 3 is 1.14 bits per heavy atom. The molecule has 0 fully saturated rings. The predicted octanol–water partition coefficient (Wildman–Crippen LogP) is -3.02. The zero-order valence-electron chi connectivity index (χ0n) is 43.5. The standard InChI is InChI=1S/C46H81N11O15/c1-13-24(10)36(57-44(69)35(23(8)9)56-42(67)30(18-34(60)61)50-38(63)26(12)49-37(62)25(11)47)45(70)55-32(19-58)43(68)53-28(15-21(4)5)40(65)51-27(14-20(2)3)39(64)52-29(16-22(6)7)41(66)54-31(46(71)72)17-33(48)59/h20-32,35-36,58H,13-19,47H2,1-12H3,(H2,48,59)(H,49,62)(H,50,63)(H,51,65)(H,52,64)(H,53,68)(H,54,66)(H,55,70)(H,56,67)(H,57,69)(H,60,61)(H,71,72)/t24-,25-,26-,27-,28-,29-,30-,31-,32-,35-,36-/m0/s1. The number of aliphatic carboxylic acids is 2. The number of carbonyl (C=O) groups is 12. The number of hydrogen-bond donors (Lipinski definition) is 14. The molecule has 0 aliphatic carbocycles. The van der Waals surface area contributed by atoms with Gasteiger partial charge in [-0.3, -0.25) is 52.7 Å². The van der Waals surface area contributed by atoms with Gasteiger partial charge >= 0.3 is 11.9 Å². The number of aliphatic hydroxyl groups excluding tert-OH is 1. The van der Waals surface area contributed by atoms with Gasteiger partial charge in [0.05, 0.1) is 25.5 Å². The molecule has 0 aliphatic heterocycles. The fourth-order valence-electron chi connectivity index (χ4n) is 6.88. The summed E-state index contributed by atoms with van der Waals surface area (Å²) in [5, 5.41) is 51.3. The van der Waals surface area contributed by atoms with Crippen molar-refractivity contribution in [3.05, 3.63) is 0 Å². The second-order valence-corrected chi connectivity index (χ2v) is 19.7. The quantitative estimate of drug-likeness (QED) is 0.0311. The highest BCUT2D eigenvalue weighted by Crippen LogP contribution is 2.14. The largest absolute Gasteiger partial charge is 0.481 e. The predicted molar refractivity (Wildman–Crippen MR) is 260 cm³/mol. The molecule has 0 aliphatic rings. The van der Waals surface area contributed by atoms with Crippen LogP contribution in [-0.2, 0) is 57.5 Å². The number of hydrogen-bond acceptors (Lipinski definition) is 14. The molecular formula is C46H81N11O15. The minimum atomic E-state index is -1.71. The van der Waals surface area contributed by atoms with E-state index in [1.807, 2.05) is 0 Å². The molecule has 10 amide bonds. The number of nitrogens with one attached hydrogen (secondary N) is 9. The number of carboxylic acids is 2. The first-order chi connectivity index (χ1) is 33.3. The van der Waals surface area contributed by atoms with E-state index in [1.165, 1.54) is 13.8 Å². The minimum Gasteiger partial charge on any atom is -0.481 e. The van der Waals surface area contributed by atoms with Crippen LogP contribution in [0.3, 0.4) is 0 Å². The molecule has 0 rings (SSSR count). The van der Waals surface area contributed by atoms with Crippen molar-refractivity contribution in [2.75, 3.05) is 6.61 Å². The average Bonchev–Trinajstić information content (AvgIpc) is 3.26. The van der Waals surface area contributed by atoms with Crippen LogP contribution in [0.25, 0.3) is 0 Å². The van der Waals surface area contributed by atoms with Crippen molar-refractivity contribution in [3.8, 4) is 0 Å². The van der Waals surface area contributed by atoms with Gasteiger partial charge in [-0.05, 0) is 62.7 Å². The van der Waals surface area contributed by atoms with Gasteiger partial charge in [0.1, 0.15) is 54.4 Å². The Balaban J connectivity index is 6.46. The molecule has 26 heteroatoms. The fourth-order valence-corrected chi connectivity index (χ4v) is 6.88. The summed E-state index contributed by atoms with van der Waals surface area (Å²) in [7, 11) is 0. The van der Waals surface area contributed by atoms with E-state index in [0.29, 0.717) is 6.42 Å². The van der Waals surface area contributed by atoms with E-state index in [1.54, 1.807) is 69.2 Å². The van der Waals surface area contributed by atoms with Crippen molar-refractivity contribution in [1.82, 2.24) is 47.9 Å². The summed E-state index contributed by atoms with van der Waals surface area (Å²) in [6, 6.07) is -14.0. The minimum absolute atomic E-state index is 0.00250. The molecule has 0 saturated heterocycles. The number of aliphatic hydroxyl groups is 1. The molecule has 0 heterocycles. The van der Waals surface area contributed by atoms with Crippen LogP contribution < -0.4 is 59.3 Å². The summed E-state index contributed by atoms with van der Waals surface area (Å²) >= 11 is 0. The molecule has 0 aromatic carbocycles. The Labute approximate surface area is 420 Å². The third kappa shape index (κ3) is 24.1. The number of primary amides is 1. The van der Waals surface area contributed by atoms with Gasteiger partial charge in [-0.25, -0.2) is 4.79 Å². The maximum Gasteiger partial charge on any atom is 0.326 e. The van der Waals surface area contributed by atoms with Crippen molar-refractivity contribution in [2.45, 2.75) is 182 Å². The molecule has 0 saturated carbocycles. The lowest BCUT2D eigenvalue weighted by Crippen LogP contribution is -2.62.